The molecule has 66 valence electrons. The van der Waals surface area contributed by atoms with Gasteiger partial charge in [0.2, 0.25) is 0 Å². The number of Topliss-reactive ketones (excluding diaryl/α,β-unsaturated/α-hetero) is 1. The van der Waals surface area contributed by atoms with Crippen LogP contribution >= 0.6 is 0 Å². The molecule has 0 fully saturated rings. The summed E-state index contributed by atoms with van der Waals surface area (Å²) in [4.78, 5) is 11.3. The first-order valence-electron chi connectivity index (χ1n) is 3.86. The van der Waals surface area contributed by atoms with Crippen molar-refractivity contribution in [2.75, 3.05) is 13.7 Å². The first-order valence-corrected chi connectivity index (χ1v) is 3.86. The second-order valence-electron chi connectivity index (χ2n) is 2.58. The zero-order valence-corrected chi connectivity index (χ0v) is 7.41. The van der Waals surface area contributed by atoms with Crippen LogP contribution in [0.5, 0.6) is 0 Å². The van der Waals surface area contributed by atoms with Crippen LogP contribution < -0.4 is 0 Å². The minimum absolute atomic E-state index is 0.0360. The number of ether oxygens (including phenoxy) is 1. The molecule has 0 bridgehead atoms. The maximum atomic E-state index is 11.3. The molecule has 2 heteroatoms. The summed E-state index contributed by atoms with van der Waals surface area (Å²) in [6.45, 7) is 0.107. The highest BCUT2D eigenvalue weighted by Crippen LogP contribution is 2.04. The van der Waals surface area contributed by atoms with Crippen LogP contribution in [0.4, 0.5) is 0 Å². The highest BCUT2D eigenvalue weighted by Gasteiger charge is 2.03. The summed E-state index contributed by atoms with van der Waals surface area (Å²) in [5, 5.41) is 0. The number of carbonyl (C=O) groups excluding carboxylic acids is 1. The zero-order chi connectivity index (χ0) is 9.68. The summed E-state index contributed by atoms with van der Waals surface area (Å²) in [6, 6.07) is 6.89. The highest BCUT2D eigenvalue weighted by molar-refractivity contribution is 5.97. The maximum Gasteiger partial charge on any atom is 0.188 e. The number of ketones is 1. The Morgan fingerprint density at radius 2 is 2.08 bits per heavy atom. The Kier molecular flexibility index (Phi) is 3.24. The average molecular weight is 174 g/mol. The van der Waals surface area contributed by atoms with Crippen molar-refractivity contribution in [2.45, 2.75) is 0 Å². The molecule has 0 saturated heterocycles. The summed E-state index contributed by atoms with van der Waals surface area (Å²) in [7, 11) is 1.49. The van der Waals surface area contributed by atoms with Crippen molar-refractivity contribution in [1.29, 1.82) is 0 Å². The molecular weight excluding hydrogens is 164 g/mol. The van der Waals surface area contributed by atoms with Crippen molar-refractivity contribution in [2.24, 2.45) is 0 Å². The van der Waals surface area contributed by atoms with Gasteiger partial charge in [-0.25, -0.2) is 0 Å². The van der Waals surface area contributed by atoms with Crippen molar-refractivity contribution in [3.8, 4) is 12.3 Å². The minimum Gasteiger partial charge on any atom is -0.377 e. The maximum absolute atomic E-state index is 11.3. The largest absolute Gasteiger partial charge is 0.377 e. The molecule has 0 amide bonds. The van der Waals surface area contributed by atoms with Crippen LogP contribution in [0.25, 0.3) is 0 Å². The van der Waals surface area contributed by atoms with E-state index in [2.05, 4.69) is 5.92 Å². The number of carbonyl (C=O) groups is 1. The monoisotopic (exact) mass is 174 g/mol. The van der Waals surface area contributed by atoms with E-state index >= 15 is 0 Å². The zero-order valence-electron chi connectivity index (χ0n) is 7.41. The molecular formula is C11H10O2. The van der Waals surface area contributed by atoms with E-state index in [4.69, 9.17) is 11.2 Å². The van der Waals surface area contributed by atoms with Crippen molar-refractivity contribution in [3.63, 3.8) is 0 Å². The fraction of sp³-hybridized carbons (Fsp3) is 0.182. The first kappa shape index (κ1) is 9.50. The van der Waals surface area contributed by atoms with Crippen LogP contribution in [0.15, 0.2) is 24.3 Å². The molecule has 0 unspecified atom stereocenters. The highest BCUT2D eigenvalue weighted by atomic mass is 16.5. The smallest absolute Gasteiger partial charge is 0.188 e. The number of benzene rings is 1. The van der Waals surface area contributed by atoms with E-state index in [0.29, 0.717) is 5.56 Å². The third-order valence-electron chi connectivity index (χ3n) is 1.65. The molecule has 1 aromatic rings. The van der Waals surface area contributed by atoms with Gasteiger partial charge in [-0.05, 0) is 12.1 Å². The average Bonchev–Trinajstić information content (AvgIpc) is 2.18. The van der Waals surface area contributed by atoms with E-state index in [0.717, 1.165) is 5.56 Å². The van der Waals surface area contributed by atoms with Crippen LogP contribution in [0.3, 0.4) is 0 Å². The summed E-state index contributed by atoms with van der Waals surface area (Å²) in [5.41, 5.74) is 1.40. The van der Waals surface area contributed by atoms with Gasteiger partial charge in [-0.3, -0.25) is 4.79 Å². The molecule has 1 rings (SSSR count). The topological polar surface area (TPSA) is 26.3 Å². The molecule has 0 aliphatic carbocycles. The van der Waals surface area contributed by atoms with E-state index in [9.17, 15) is 4.79 Å². The molecule has 1 aromatic carbocycles. The van der Waals surface area contributed by atoms with E-state index in [1.807, 2.05) is 0 Å². The van der Waals surface area contributed by atoms with Gasteiger partial charge in [0.15, 0.2) is 5.78 Å². The summed E-state index contributed by atoms with van der Waals surface area (Å²) < 4.78 is 4.72. The Hall–Kier alpha value is -1.59. The molecule has 0 N–H and O–H groups in total. The molecule has 0 spiro atoms. The van der Waals surface area contributed by atoms with Gasteiger partial charge in [-0.1, -0.05) is 18.1 Å². The lowest BCUT2D eigenvalue weighted by Gasteiger charge is -1.98. The van der Waals surface area contributed by atoms with Gasteiger partial charge in [0.05, 0.1) is 0 Å². The van der Waals surface area contributed by atoms with E-state index < -0.39 is 0 Å². The van der Waals surface area contributed by atoms with Gasteiger partial charge in [0.25, 0.3) is 0 Å². The fourth-order valence-electron chi connectivity index (χ4n) is 0.967. The van der Waals surface area contributed by atoms with Crippen molar-refractivity contribution in [1.82, 2.24) is 0 Å². The number of rotatable bonds is 3. The molecule has 0 saturated carbocycles. The van der Waals surface area contributed by atoms with Crippen LogP contribution in [-0.4, -0.2) is 19.5 Å². The summed E-state index contributed by atoms with van der Waals surface area (Å²) >= 11 is 0. The number of hydrogen-bond acceptors (Lipinski definition) is 2. The lowest BCUT2D eigenvalue weighted by atomic mass is 10.1. The Morgan fingerprint density at radius 3 is 2.54 bits per heavy atom. The predicted octanol–water partition coefficient (Wildman–Crippen LogP) is 1.50. The van der Waals surface area contributed by atoms with Crippen molar-refractivity contribution >= 4 is 5.78 Å². The van der Waals surface area contributed by atoms with E-state index in [1.54, 1.807) is 24.3 Å². The standard InChI is InChI=1S/C11H10O2/c1-3-9-4-6-10(7-5-9)11(12)8-13-2/h1,4-7H,8H2,2H3. The minimum atomic E-state index is -0.0360. The fourth-order valence-corrected chi connectivity index (χ4v) is 0.967. The van der Waals surface area contributed by atoms with Crippen molar-refractivity contribution in [3.05, 3.63) is 35.4 Å². The van der Waals surface area contributed by atoms with Gasteiger partial charge in [-0.15, -0.1) is 6.42 Å². The van der Waals surface area contributed by atoms with Crippen LogP contribution in [0, 0.1) is 12.3 Å². The number of hydrogen-bond donors (Lipinski definition) is 0. The number of methoxy groups -OCH3 is 1. The summed E-state index contributed by atoms with van der Waals surface area (Å²) in [5.74, 6) is 2.45. The number of terminal acetylenes is 1. The van der Waals surface area contributed by atoms with Gasteiger partial charge >= 0.3 is 0 Å². The SMILES string of the molecule is C#Cc1ccc(C(=O)COC)cc1. The Bertz CT molecular complexity index is 330. The molecule has 13 heavy (non-hydrogen) atoms. The molecule has 0 aliphatic rings. The van der Waals surface area contributed by atoms with E-state index in [1.165, 1.54) is 7.11 Å². The van der Waals surface area contributed by atoms with Gasteiger partial charge < -0.3 is 4.74 Å². The molecule has 0 aromatic heterocycles. The van der Waals surface area contributed by atoms with E-state index in [-0.39, 0.29) is 12.4 Å². The summed E-state index contributed by atoms with van der Waals surface area (Å²) in [6.07, 6.45) is 5.18. The second-order valence-corrected chi connectivity index (χ2v) is 2.58. The van der Waals surface area contributed by atoms with Crippen LogP contribution in [0.2, 0.25) is 0 Å². The van der Waals surface area contributed by atoms with Gasteiger partial charge in [0.1, 0.15) is 6.61 Å². The van der Waals surface area contributed by atoms with Gasteiger partial charge in [0, 0.05) is 18.2 Å². The normalized spacial score (nSPS) is 9.23. The lowest BCUT2D eigenvalue weighted by molar-refractivity contribution is 0.0848. The third-order valence-corrected chi connectivity index (χ3v) is 1.65. The molecule has 0 heterocycles. The molecule has 0 aliphatic heterocycles. The van der Waals surface area contributed by atoms with Crippen LogP contribution in [0.1, 0.15) is 15.9 Å². The molecule has 2 nitrogen and oxygen atoms in total. The predicted molar refractivity (Wildman–Crippen MR) is 50.6 cm³/mol. The van der Waals surface area contributed by atoms with Crippen LogP contribution in [-0.2, 0) is 4.74 Å². The first-order chi connectivity index (χ1) is 6.27. The molecule has 0 atom stereocenters. The molecule has 0 radical (unpaired) electrons. The second kappa shape index (κ2) is 4.44. The Labute approximate surface area is 77.5 Å². The third kappa shape index (κ3) is 2.43. The van der Waals surface area contributed by atoms with Gasteiger partial charge in [-0.2, -0.15) is 0 Å². The van der Waals surface area contributed by atoms with Crippen molar-refractivity contribution < 1.29 is 9.53 Å². The Morgan fingerprint density at radius 1 is 1.46 bits per heavy atom. The lowest BCUT2D eigenvalue weighted by Crippen LogP contribution is -2.06. The quantitative estimate of drug-likeness (QED) is 0.512. The Balaban J connectivity index is 2.81.